The van der Waals surface area contributed by atoms with Gasteiger partial charge in [-0.2, -0.15) is 0 Å². The summed E-state index contributed by atoms with van der Waals surface area (Å²) in [6.45, 7) is 0. The van der Waals surface area contributed by atoms with Crippen molar-refractivity contribution in [3.05, 3.63) is 12.2 Å². The molecule has 0 saturated heterocycles. The zero-order valence-corrected chi connectivity index (χ0v) is 8.03. The number of hydrogen-bond acceptors (Lipinski definition) is 2. The van der Waals surface area contributed by atoms with Gasteiger partial charge in [-0.3, -0.25) is 0 Å². The molecule has 1 aliphatic rings. The van der Waals surface area contributed by atoms with E-state index in [1.54, 1.807) is 0 Å². The summed E-state index contributed by atoms with van der Waals surface area (Å²) < 4.78 is 28.9. The molecule has 0 aromatic carbocycles. The van der Waals surface area contributed by atoms with Gasteiger partial charge in [-0.1, -0.05) is 6.08 Å². The fourth-order valence-electron chi connectivity index (χ4n) is 1.25. The Morgan fingerprint density at radius 1 is 1.46 bits per heavy atom. The highest BCUT2D eigenvalue weighted by Crippen LogP contribution is 2.15. The van der Waals surface area contributed by atoms with Crippen molar-refractivity contribution in [1.29, 1.82) is 0 Å². The van der Waals surface area contributed by atoms with Crippen LogP contribution < -0.4 is 0 Å². The Hall–Kier alpha value is -0.510. The van der Waals surface area contributed by atoms with Crippen LogP contribution in [0, 0.1) is 0 Å². The highest BCUT2D eigenvalue weighted by molar-refractivity contribution is 7.80. The van der Waals surface area contributed by atoms with Crippen molar-refractivity contribution in [2.45, 2.75) is 38.2 Å². The number of rotatable bonds is 2. The maximum Gasteiger partial charge on any atom is 0.305 e. The van der Waals surface area contributed by atoms with Crippen molar-refractivity contribution in [2.75, 3.05) is 0 Å². The lowest BCUT2D eigenvalue weighted by atomic mass is 10.2. The molecule has 0 saturated carbocycles. The molecule has 4 heteroatoms. The molecule has 0 heterocycles. The number of halogens is 2. The average Bonchev–Trinajstić information content (AvgIpc) is 2.32. The van der Waals surface area contributed by atoms with Crippen LogP contribution in [0.15, 0.2) is 12.2 Å². The van der Waals surface area contributed by atoms with E-state index in [-0.39, 0.29) is 6.10 Å². The van der Waals surface area contributed by atoms with Gasteiger partial charge in [0.05, 0.1) is 0 Å². The van der Waals surface area contributed by atoms with Gasteiger partial charge in [0.15, 0.2) is 0 Å². The summed E-state index contributed by atoms with van der Waals surface area (Å²) in [5.41, 5.74) is 0. The van der Waals surface area contributed by atoms with E-state index in [9.17, 15) is 8.78 Å². The Morgan fingerprint density at radius 3 is 2.92 bits per heavy atom. The predicted molar refractivity (Wildman–Crippen MR) is 51.1 cm³/mol. The van der Waals surface area contributed by atoms with E-state index in [0.717, 1.165) is 25.7 Å². The van der Waals surface area contributed by atoms with Crippen LogP contribution in [0.2, 0.25) is 0 Å². The number of thiocarbonyl (C=S) groups is 1. The molecule has 0 aromatic heterocycles. The second-order valence-corrected chi connectivity index (χ2v) is 3.39. The van der Waals surface area contributed by atoms with Gasteiger partial charge in [0, 0.05) is 0 Å². The smallest absolute Gasteiger partial charge is 0.305 e. The molecule has 13 heavy (non-hydrogen) atoms. The fourth-order valence-corrected chi connectivity index (χ4v) is 1.37. The third kappa shape index (κ3) is 3.81. The maximum absolute atomic E-state index is 12.0. The second-order valence-electron chi connectivity index (χ2n) is 2.99. The summed E-state index contributed by atoms with van der Waals surface area (Å²) in [7, 11) is 0. The van der Waals surface area contributed by atoms with Gasteiger partial charge >= 0.3 is 6.43 Å². The summed E-state index contributed by atoms with van der Waals surface area (Å²) in [4.78, 5) is 0. The molecule has 1 atom stereocenters. The molecular formula is C9H12F2OS. The highest BCUT2D eigenvalue weighted by atomic mass is 32.1. The number of alkyl halides is 2. The first-order valence-electron chi connectivity index (χ1n) is 4.35. The maximum atomic E-state index is 12.0. The van der Waals surface area contributed by atoms with Gasteiger partial charge in [-0.15, -0.1) is 0 Å². The van der Waals surface area contributed by atoms with Gasteiger partial charge in [0.1, 0.15) is 6.10 Å². The van der Waals surface area contributed by atoms with Crippen LogP contribution in [0.4, 0.5) is 8.78 Å². The number of hydrogen-bond donors (Lipinski definition) is 0. The largest absolute Gasteiger partial charge is 0.475 e. The molecule has 1 rings (SSSR count). The van der Waals surface area contributed by atoms with E-state index in [4.69, 9.17) is 4.74 Å². The van der Waals surface area contributed by atoms with Gasteiger partial charge in [0.25, 0.3) is 0 Å². The summed E-state index contributed by atoms with van der Waals surface area (Å²) in [6, 6.07) is 0. The van der Waals surface area contributed by atoms with Gasteiger partial charge in [-0.05, 0) is 44.0 Å². The average molecular weight is 206 g/mol. The summed E-state index contributed by atoms with van der Waals surface area (Å²) in [5, 5.41) is -0.587. The van der Waals surface area contributed by atoms with E-state index in [2.05, 4.69) is 12.2 Å². The molecule has 1 nitrogen and oxygen atoms in total. The zero-order chi connectivity index (χ0) is 9.68. The van der Waals surface area contributed by atoms with E-state index in [1.807, 2.05) is 12.2 Å². The molecule has 0 bridgehead atoms. The SMILES string of the molecule is FC(F)C(=S)OC1C=CCCCC1. The number of allylic oxidation sites excluding steroid dienone is 1. The van der Waals surface area contributed by atoms with Crippen LogP contribution in [0.5, 0.6) is 0 Å². The third-order valence-corrected chi connectivity index (χ3v) is 2.18. The second kappa shape index (κ2) is 5.27. The summed E-state index contributed by atoms with van der Waals surface area (Å²) >= 11 is 4.40. The molecule has 0 spiro atoms. The Morgan fingerprint density at radius 2 is 2.23 bits per heavy atom. The van der Waals surface area contributed by atoms with E-state index in [1.165, 1.54) is 0 Å². The Balaban J connectivity index is 2.38. The van der Waals surface area contributed by atoms with Gasteiger partial charge in [-0.25, -0.2) is 8.78 Å². The Bertz CT molecular complexity index is 204. The Labute approximate surface area is 81.8 Å². The van der Waals surface area contributed by atoms with Crippen LogP contribution in [0.3, 0.4) is 0 Å². The lowest BCUT2D eigenvalue weighted by Gasteiger charge is -2.14. The van der Waals surface area contributed by atoms with E-state index in [0.29, 0.717) is 0 Å². The van der Waals surface area contributed by atoms with Gasteiger partial charge in [0.2, 0.25) is 5.05 Å². The molecule has 0 aliphatic heterocycles. The third-order valence-electron chi connectivity index (χ3n) is 1.91. The molecule has 0 fully saturated rings. The molecule has 0 amide bonds. The number of ether oxygens (including phenoxy) is 1. The standard InChI is InChI=1S/C9H12F2OS/c10-8(11)9(13)12-7-5-3-1-2-4-6-7/h3,5,7-8H,1-2,4,6H2. The van der Waals surface area contributed by atoms with Crippen LogP contribution in [0.1, 0.15) is 25.7 Å². The molecule has 0 radical (unpaired) electrons. The molecule has 1 aliphatic carbocycles. The molecule has 0 aromatic rings. The fraction of sp³-hybridized carbons (Fsp3) is 0.667. The van der Waals surface area contributed by atoms with Crippen molar-refractivity contribution < 1.29 is 13.5 Å². The minimum atomic E-state index is -2.65. The zero-order valence-electron chi connectivity index (χ0n) is 7.21. The topological polar surface area (TPSA) is 9.23 Å². The lowest BCUT2D eigenvalue weighted by Crippen LogP contribution is -2.19. The molecular weight excluding hydrogens is 194 g/mol. The lowest BCUT2D eigenvalue weighted by molar-refractivity contribution is 0.148. The van der Waals surface area contributed by atoms with E-state index >= 15 is 0 Å². The molecule has 1 unspecified atom stereocenters. The first-order chi connectivity index (χ1) is 6.20. The summed E-state index contributed by atoms with van der Waals surface area (Å²) in [5.74, 6) is 0. The van der Waals surface area contributed by atoms with Crippen molar-refractivity contribution >= 4 is 17.3 Å². The predicted octanol–water partition coefficient (Wildman–Crippen LogP) is 3.09. The monoisotopic (exact) mass is 206 g/mol. The van der Waals surface area contributed by atoms with Crippen molar-refractivity contribution in [2.24, 2.45) is 0 Å². The van der Waals surface area contributed by atoms with Gasteiger partial charge < -0.3 is 4.74 Å². The van der Waals surface area contributed by atoms with Crippen LogP contribution >= 0.6 is 12.2 Å². The van der Waals surface area contributed by atoms with E-state index < -0.39 is 11.5 Å². The highest BCUT2D eigenvalue weighted by Gasteiger charge is 2.17. The Kier molecular flexibility index (Phi) is 4.28. The van der Waals surface area contributed by atoms with Crippen LogP contribution in [-0.4, -0.2) is 17.6 Å². The minimum absolute atomic E-state index is 0.246. The molecule has 0 N–H and O–H groups in total. The molecule has 74 valence electrons. The quantitative estimate of drug-likeness (QED) is 0.507. The normalized spacial score (nSPS) is 22.8. The minimum Gasteiger partial charge on any atom is -0.475 e. The first kappa shape index (κ1) is 10.6. The first-order valence-corrected chi connectivity index (χ1v) is 4.76. The van der Waals surface area contributed by atoms with Crippen LogP contribution in [0.25, 0.3) is 0 Å². The van der Waals surface area contributed by atoms with Crippen molar-refractivity contribution in [1.82, 2.24) is 0 Å². The van der Waals surface area contributed by atoms with Crippen molar-refractivity contribution in [3.8, 4) is 0 Å². The van der Waals surface area contributed by atoms with Crippen molar-refractivity contribution in [3.63, 3.8) is 0 Å². The van der Waals surface area contributed by atoms with Crippen LogP contribution in [-0.2, 0) is 4.74 Å². The summed E-state index contributed by atoms with van der Waals surface area (Å²) in [6.07, 6.45) is 4.77.